The first-order chi connectivity index (χ1) is 10.5. The molecule has 7 heteroatoms. The van der Waals surface area contributed by atoms with E-state index in [1.165, 1.54) is 17.4 Å². The molecular formula is C15H12BrNO4S. The molecule has 2 aromatic rings. The van der Waals surface area contributed by atoms with E-state index in [1.807, 2.05) is 30.3 Å². The maximum absolute atomic E-state index is 11.7. The third-order valence-electron chi connectivity index (χ3n) is 2.56. The van der Waals surface area contributed by atoms with Crippen LogP contribution in [-0.4, -0.2) is 17.2 Å². The SMILES string of the molecule is O=C(NC(=Cc1ccc(Br)s1)C(=O)O)OCc1ccccc1. The molecule has 1 heterocycles. The summed E-state index contributed by atoms with van der Waals surface area (Å²) in [5.74, 6) is -1.24. The van der Waals surface area contributed by atoms with Crippen LogP contribution in [0.25, 0.3) is 6.08 Å². The van der Waals surface area contributed by atoms with Crippen molar-refractivity contribution >= 4 is 45.4 Å². The Morgan fingerprint density at radius 3 is 2.55 bits per heavy atom. The lowest BCUT2D eigenvalue weighted by Gasteiger charge is -2.07. The standard InChI is InChI=1S/C15H12BrNO4S/c16-13-7-6-11(22-13)8-12(14(18)19)17-15(20)21-9-10-4-2-1-3-5-10/h1-8H,9H2,(H,17,20)(H,18,19). The molecule has 0 spiro atoms. The van der Waals surface area contributed by atoms with Crippen LogP contribution < -0.4 is 5.32 Å². The van der Waals surface area contributed by atoms with E-state index >= 15 is 0 Å². The molecule has 0 bridgehead atoms. The summed E-state index contributed by atoms with van der Waals surface area (Å²) in [4.78, 5) is 23.6. The van der Waals surface area contributed by atoms with E-state index in [0.717, 1.165) is 9.35 Å². The number of benzene rings is 1. The van der Waals surface area contributed by atoms with Crippen LogP contribution in [0.1, 0.15) is 10.4 Å². The largest absolute Gasteiger partial charge is 0.477 e. The fourth-order valence-corrected chi connectivity index (χ4v) is 2.94. The van der Waals surface area contributed by atoms with Gasteiger partial charge in [-0.1, -0.05) is 30.3 Å². The van der Waals surface area contributed by atoms with Crippen molar-refractivity contribution < 1.29 is 19.4 Å². The molecule has 0 aliphatic carbocycles. The van der Waals surface area contributed by atoms with Gasteiger partial charge < -0.3 is 9.84 Å². The van der Waals surface area contributed by atoms with Crippen molar-refractivity contribution in [3.05, 3.63) is 62.4 Å². The van der Waals surface area contributed by atoms with Crippen molar-refractivity contribution in [2.45, 2.75) is 6.61 Å². The molecule has 2 rings (SSSR count). The molecule has 1 aromatic heterocycles. The Hall–Kier alpha value is -2.12. The van der Waals surface area contributed by atoms with E-state index in [1.54, 1.807) is 12.1 Å². The lowest BCUT2D eigenvalue weighted by molar-refractivity contribution is -0.132. The molecular weight excluding hydrogens is 370 g/mol. The summed E-state index contributed by atoms with van der Waals surface area (Å²) in [6, 6.07) is 12.7. The van der Waals surface area contributed by atoms with Gasteiger partial charge >= 0.3 is 12.1 Å². The number of carbonyl (C=O) groups is 2. The van der Waals surface area contributed by atoms with E-state index < -0.39 is 12.1 Å². The second kappa shape index (κ2) is 7.77. The number of hydrogen-bond acceptors (Lipinski definition) is 4. The Bertz CT molecular complexity index is 697. The van der Waals surface area contributed by atoms with Crippen LogP contribution in [0.15, 0.2) is 51.9 Å². The number of halogens is 1. The zero-order valence-electron chi connectivity index (χ0n) is 11.3. The average Bonchev–Trinajstić information content (AvgIpc) is 2.91. The number of carboxylic acids is 1. The molecule has 0 saturated carbocycles. The normalized spacial score (nSPS) is 11.0. The average molecular weight is 382 g/mol. The predicted molar refractivity (Wildman–Crippen MR) is 87.4 cm³/mol. The van der Waals surface area contributed by atoms with Crippen molar-refractivity contribution in [3.63, 3.8) is 0 Å². The van der Waals surface area contributed by atoms with Crippen LogP contribution >= 0.6 is 27.3 Å². The summed E-state index contributed by atoms with van der Waals surface area (Å²) in [5.41, 5.74) is 0.577. The number of alkyl carbamates (subject to hydrolysis) is 1. The summed E-state index contributed by atoms with van der Waals surface area (Å²) in [5, 5.41) is 11.4. The second-order valence-electron chi connectivity index (χ2n) is 4.19. The quantitative estimate of drug-likeness (QED) is 0.770. The molecule has 0 radical (unpaired) electrons. The molecule has 0 saturated heterocycles. The van der Waals surface area contributed by atoms with Gasteiger partial charge in [-0.15, -0.1) is 11.3 Å². The fourth-order valence-electron chi connectivity index (χ4n) is 1.57. The van der Waals surface area contributed by atoms with Gasteiger partial charge in [0.2, 0.25) is 0 Å². The van der Waals surface area contributed by atoms with Crippen molar-refractivity contribution in [1.82, 2.24) is 5.32 Å². The Morgan fingerprint density at radius 1 is 1.23 bits per heavy atom. The number of thiophene rings is 1. The first-order valence-electron chi connectivity index (χ1n) is 6.22. The van der Waals surface area contributed by atoms with E-state index in [-0.39, 0.29) is 12.3 Å². The molecule has 114 valence electrons. The molecule has 2 N–H and O–H groups in total. The zero-order chi connectivity index (χ0) is 15.9. The van der Waals surface area contributed by atoms with Crippen LogP contribution in [-0.2, 0) is 16.1 Å². The van der Waals surface area contributed by atoms with Crippen LogP contribution in [0.3, 0.4) is 0 Å². The van der Waals surface area contributed by atoms with Crippen molar-refractivity contribution in [2.24, 2.45) is 0 Å². The Morgan fingerprint density at radius 2 is 1.95 bits per heavy atom. The molecule has 0 fully saturated rings. The van der Waals surface area contributed by atoms with E-state index in [9.17, 15) is 9.59 Å². The smallest absolute Gasteiger partial charge is 0.412 e. The Balaban J connectivity index is 1.97. The van der Waals surface area contributed by atoms with Gasteiger partial charge in [0.1, 0.15) is 12.3 Å². The highest BCUT2D eigenvalue weighted by Gasteiger charge is 2.13. The third-order valence-corrected chi connectivity index (χ3v) is 4.13. The van der Waals surface area contributed by atoms with Crippen LogP contribution in [0, 0.1) is 0 Å². The van der Waals surface area contributed by atoms with Gasteiger partial charge in [-0.2, -0.15) is 0 Å². The van der Waals surface area contributed by atoms with Gasteiger partial charge in [-0.3, -0.25) is 5.32 Å². The van der Waals surface area contributed by atoms with Gasteiger partial charge in [0.05, 0.1) is 3.79 Å². The number of carboxylic acid groups (broad SMARTS) is 1. The minimum Gasteiger partial charge on any atom is -0.477 e. The number of carbonyl (C=O) groups excluding carboxylic acids is 1. The van der Waals surface area contributed by atoms with Crippen LogP contribution in [0.4, 0.5) is 4.79 Å². The highest BCUT2D eigenvalue weighted by molar-refractivity contribution is 9.11. The maximum atomic E-state index is 11.7. The van der Waals surface area contributed by atoms with Crippen LogP contribution in [0.2, 0.25) is 0 Å². The third kappa shape index (κ3) is 5.01. The second-order valence-corrected chi connectivity index (χ2v) is 6.69. The molecule has 0 atom stereocenters. The summed E-state index contributed by atoms with van der Waals surface area (Å²) >= 11 is 4.65. The number of nitrogens with one attached hydrogen (secondary N) is 1. The summed E-state index contributed by atoms with van der Waals surface area (Å²) in [6.07, 6.45) is 0.565. The molecule has 22 heavy (non-hydrogen) atoms. The van der Waals surface area contributed by atoms with Gasteiger partial charge in [0.25, 0.3) is 0 Å². The molecule has 0 aliphatic rings. The zero-order valence-corrected chi connectivity index (χ0v) is 13.7. The van der Waals surface area contributed by atoms with Crippen molar-refractivity contribution in [3.8, 4) is 0 Å². The van der Waals surface area contributed by atoms with E-state index in [4.69, 9.17) is 9.84 Å². The molecule has 5 nitrogen and oxygen atoms in total. The summed E-state index contributed by atoms with van der Waals surface area (Å²) in [6.45, 7) is 0.0735. The Kier molecular flexibility index (Phi) is 5.74. The minimum atomic E-state index is -1.24. The maximum Gasteiger partial charge on any atom is 0.412 e. The van der Waals surface area contributed by atoms with E-state index in [2.05, 4.69) is 21.2 Å². The highest BCUT2D eigenvalue weighted by Crippen LogP contribution is 2.23. The van der Waals surface area contributed by atoms with Crippen molar-refractivity contribution in [2.75, 3.05) is 0 Å². The summed E-state index contributed by atoms with van der Waals surface area (Å²) < 4.78 is 5.86. The predicted octanol–water partition coefficient (Wildman–Crippen LogP) is 3.86. The number of amides is 1. The topological polar surface area (TPSA) is 75.6 Å². The van der Waals surface area contributed by atoms with Gasteiger partial charge in [0, 0.05) is 4.88 Å². The summed E-state index contributed by atoms with van der Waals surface area (Å²) in [7, 11) is 0. The monoisotopic (exact) mass is 381 g/mol. The molecule has 1 aromatic carbocycles. The number of ether oxygens (including phenoxy) is 1. The highest BCUT2D eigenvalue weighted by atomic mass is 79.9. The lowest BCUT2D eigenvalue weighted by Crippen LogP contribution is -2.27. The lowest BCUT2D eigenvalue weighted by atomic mass is 10.2. The number of aliphatic carboxylic acids is 1. The first kappa shape index (κ1) is 16.3. The Labute approximate surface area is 139 Å². The fraction of sp³-hybridized carbons (Fsp3) is 0.0667. The van der Waals surface area contributed by atoms with Crippen molar-refractivity contribution in [1.29, 1.82) is 0 Å². The van der Waals surface area contributed by atoms with E-state index in [0.29, 0.717) is 4.88 Å². The first-order valence-corrected chi connectivity index (χ1v) is 7.83. The number of hydrogen-bond donors (Lipinski definition) is 2. The molecule has 0 aliphatic heterocycles. The van der Waals surface area contributed by atoms with Gasteiger partial charge in [0.15, 0.2) is 0 Å². The van der Waals surface area contributed by atoms with Gasteiger partial charge in [-0.25, -0.2) is 9.59 Å². The molecule has 0 unspecified atom stereocenters. The molecule has 1 amide bonds. The minimum absolute atomic E-state index is 0.0735. The van der Waals surface area contributed by atoms with Crippen LogP contribution in [0.5, 0.6) is 0 Å². The van der Waals surface area contributed by atoms with Gasteiger partial charge in [-0.05, 0) is 39.7 Å². The number of rotatable bonds is 5.